The number of thioether (sulfide) groups is 1. The van der Waals surface area contributed by atoms with Crippen molar-refractivity contribution in [2.45, 2.75) is 24.3 Å². The highest BCUT2D eigenvalue weighted by molar-refractivity contribution is 7.98. The summed E-state index contributed by atoms with van der Waals surface area (Å²) in [6, 6.07) is 15.1. The Morgan fingerprint density at radius 1 is 1.12 bits per heavy atom. The number of aromatic nitrogens is 5. The highest BCUT2D eigenvalue weighted by Crippen LogP contribution is 2.25. The zero-order valence-corrected chi connectivity index (χ0v) is 19.6. The van der Waals surface area contributed by atoms with Gasteiger partial charge in [0.25, 0.3) is 5.56 Å². The van der Waals surface area contributed by atoms with Crippen molar-refractivity contribution in [2.75, 3.05) is 5.32 Å². The minimum Gasteiger partial charge on any atom is -0.326 e. The number of nitrogens with zero attached hydrogens (tertiary/aromatic N) is 5. The summed E-state index contributed by atoms with van der Waals surface area (Å²) in [4.78, 5) is 29.5. The van der Waals surface area contributed by atoms with Crippen LogP contribution in [0.4, 0.5) is 5.69 Å². The molecule has 3 aromatic heterocycles. The van der Waals surface area contributed by atoms with E-state index in [1.165, 1.54) is 27.7 Å². The molecule has 5 rings (SSSR count). The molecule has 5 aromatic rings. The number of thiazole rings is 1. The summed E-state index contributed by atoms with van der Waals surface area (Å²) >= 11 is 2.96. The third-order valence-corrected chi connectivity index (χ3v) is 7.05. The fourth-order valence-electron chi connectivity index (χ4n) is 3.52. The highest BCUT2D eigenvalue weighted by atomic mass is 32.2. The van der Waals surface area contributed by atoms with Gasteiger partial charge in [-0.05, 0) is 31.2 Å². The topological polar surface area (TPSA) is 94.2 Å². The zero-order valence-electron chi connectivity index (χ0n) is 18.0. The number of carbonyl (C=O) groups is 1. The molecule has 8 nitrogen and oxygen atoms in total. The Balaban J connectivity index is 1.30. The van der Waals surface area contributed by atoms with Crippen LogP contribution in [-0.2, 0) is 24.0 Å². The number of para-hydroxylation sites is 1. The summed E-state index contributed by atoms with van der Waals surface area (Å²) in [6.45, 7) is 2.01. The van der Waals surface area contributed by atoms with E-state index in [2.05, 4.69) is 20.5 Å². The van der Waals surface area contributed by atoms with Gasteiger partial charge in [-0.3, -0.25) is 18.6 Å². The van der Waals surface area contributed by atoms with E-state index in [1.54, 1.807) is 13.1 Å². The summed E-state index contributed by atoms with van der Waals surface area (Å²) in [7, 11) is 1.70. The van der Waals surface area contributed by atoms with Gasteiger partial charge in [0.05, 0.1) is 23.0 Å². The molecule has 0 radical (unpaired) electrons. The van der Waals surface area contributed by atoms with Crippen LogP contribution in [-0.4, -0.2) is 30.1 Å². The van der Waals surface area contributed by atoms with Crippen LogP contribution in [0.15, 0.2) is 63.9 Å². The minimum atomic E-state index is -0.102. The fraction of sp³-hybridized carbons (Fsp3) is 0.174. The second-order valence-electron chi connectivity index (χ2n) is 7.61. The quantitative estimate of drug-likeness (QED) is 0.375. The van der Waals surface area contributed by atoms with E-state index in [0.717, 1.165) is 27.5 Å². The van der Waals surface area contributed by atoms with Gasteiger partial charge in [0.2, 0.25) is 11.7 Å². The van der Waals surface area contributed by atoms with Crippen LogP contribution in [0.3, 0.4) is 0 Å². The van der Waals surface area contributed by atoms with Crippen molar-refractivity contribution >= 4 is 51.4 Å². The molecule has 0 saturated heterocycles. The first-order chi connectivity index (χ1) is 16.0. The molecule has 0 spiro atoms. The van der Waals surface area contributed by atoms with Gasteiger partial charge >= 0.3 is 0 Å². The third kappa shape index (κ3) is 4.27. The smallest absolute Gasteiger partial charge is 0.262 e. The maximum absolute atomic E-state index is 12.6. The Morgan fingerprint density at radius 2 is 1.91 bits per heavy atom. The molecule has 0 bridgehead atoms. The summed E-state index contributed by atoms with van der Waals surface area (Å²) < 4.78 is 3.40. The Kier molecular flexibility index (Phi) is 5.69. The van der Waals surface area contributed by atoms with Crippen molar-refractivity contribution in [3.8, 4) is 0 Å². The lowest BCUT2D eigenvalue weighted by atomic mass is 10.2. The molecule has 2 aromatic carbocycles. The SMILES string of the molecule is Cc1ccc(NC(=O)Cc2nc(CSc3nnc4n(C)c(=O)c5ccccc5n34)cs2)cc1. The van der Waals surface area contributed by atoms with Gasteiger partial charge < -0.3 is 5.32 Å². The molecule has 0 atom stereocenters. The average molecular weight is 477 g/mol. The molecule has 166 valence electrons. The molecule has 1 amide bonds. The Bertz CT molecular complexity index is 1530. The zero-order chi connectivity index (χ0) is 22.9. The monoisotopic (exact) mass is 476 g/mol. The normalized spacial score (nSPS) is 11.3. The van der Waals surface area contributed by atoms with E-state index in [0.29, 0.717) is 22.1 Å². The van der Waals surface area contributed by atoms with E-state index in [9.17, 15) is 9.59 Å². The Hall–Kier alpha value is -3.50. The third-order valence-electron chi connectivity index (χ3n) is 5.19. The summed E-state index contributed by atoms with van der Waals surface area (Å²) in [5.74, 6) is 0.977. The molecule has 33 heavy (non-hydrogen) atoms. The summed E-state index contributed by atoms with van der Waals surface area (Å²) in [6.07, 6.45) is 0.226. The van der Waals surface area contributed by atoms with E-state index < -0.39 is 0 Å². The molecule has 0 saturated carbocycles. The van der Waals surface area contributed by atoms with E-state index in [-0.39, 0.29) is 17.9 Å². The van der Waals surface area contributed by atoms with Gasteiger partial charge in [0.1, 0.15) is 5.01 Å². The van der Waals surface area contributed by atoms with Gasteiger partial charge in [0, 0.05) is 23.9 Å². The van der Waals surface area contributed by atoms with Crippen LogP contribution in [0, 0.1) is 6.92 Å². The fourth-order valence-corrected chi connectivity index (χ4v) is 5.25. The average Bonchev–Trinajstić information content (AvgIpc) is 3.44. The van der Waals surface area contributed by atoms with Gasteiger partial charge in [-0.2, -0.15) is 0 Å². The number of anilines is 1. The number of rotatable bonds is 6. The Morgan fingerprint density at radius 3 is 2.73 bits per heavy atom. The van der Waals surface area contributed by atoms with Gasteiger partial charge in [0.15, 0.2) is 5.16 Å². The standard InChI is InChI=1S/C23H20N6O2S2/c1-14-7-9-15(10-8-14)24-19(30)11-20-25-16(12-32-20)13-33-23-27-26-22-28(2)21(31)17-5-3-4-6-18(17)29(22)23/h3-10,12H,11,13H2,1-2H3,(H,24,30). The van der Waals surface area contributed by atoms with Crippen LogP contribution >= 0.6 is 23.1 Å². The number of nitrogens with one attached hydrogen (secondary N) is 1. The number of amides is 1. The number of hydrogen-bond acceptors (Lipinski definition) is 7. The number of carbonyl (C=O) groups excluding carboxylic acids is 1. The minimum absolute atomic E-state index is 0.0942. The lowest BCUT2D eigenvalue weighted by Crippen LogP contribution is -2.20. The molecular formula is C23H20N6O2S2. The van der Waals surface area contributed by atoms with Crippen LogP contribution in [0.5, 0.6) is 0 Å². The predicted molar refractivity (Wildman–Crippen MR) is 131 cm³/mol. The van der Waals surface area contributed by atoms with E-state index >= 15 is 0 Å². The first-order valence-electron chi connectivity index (χ1n) is 10.2. The van der Waals surface area contributed by atoms with Crippen LogP contribution < -0.4 is 10.9 Å². The van der Waals surface area contributed by atoms with E-state index in [4.69, 9.17) is 0 Å². The van der Waals surface area contributed by atoms with Crippen molar-refractivity contribution in [1.82, 2.24) is 24.1 Å². The van der Waals surface area contributed by atoms with Gasteiger partial charge in [-0.15, -0.1) is 21.5 Å². The van der Waals surface area contributed by atoms with Crippen molar-refractivity contribution in [3.63, 3.8) is 0 Å². The lowest BCUT2D eigenvalue weighted by Gasteiger charge is -2.07. The van der Waals surface area contributed by atoms with Crippen LogP contribution in [0.25, 0.3) is 16.7 Å². The second-order valence-corrected chi connectivity index (χ2v) is 9.50. The number of hydrogen-bond donors (Lipinski definition) is 1. The van der Waals surface area contributed by atoms with Crippen LogP contribution in [0.2, 0.25) is 0 Å². The molecule has 0 aliphatic carbocycles. The second kappa shape index (κ2) is 8.80. The molecule has 10 heteroatoms. The first-order valence-corrected chi connectivity index (χ1v) is 12.1. The number of aryl methyl sites for hydroxylation is 2. The van der Waals surface area contributed by atoms with E-state index in [1.807, 2.05) is 59.2 Å². The lowest BCUT2D eigenvalue weighted by molar-refractivity contribution is -0.115. The van der Waals surface area contributed by atoms with Crippen molar-refractivity contribution < 1.29 is 4.79 Å². The molecule has 1 N–H and O–H groups in total. The number of benzene rings is 2. The summed E-state index contributed by atoms with van der Waals surface area (Å²) in [5.41, 5.74) is 3.46. The molecule has 0 aliphatic rings. The van der Waals surface area contributed by atoms with Crippen LogP contribution in [0.1, 0.15) is 16.3 Å². The first kappa shape index (κ1) is 21.4. The Labute approximate surface area is 197 Å². The molecule has 0 fully saturated rings. The van der Waals surface area contributed by atoms with Gasteiger partial charge in [-0.25, -0.2) is 4.98 Å². The molecular weight excluding hydrogens is 456 g/mol. The predicted octanol–water partition coefficient (Wildman–Crippen LogP) is 3.82. The van der Waals surface area contributed by atoms with Crippen molar-refractivity contribution in [1.29, 1.82) is 0 Å². The maximum Gasteiger partial charge on any atom is 0.262 e. The van der Waals surface area contributed by atoms with Gasteiger partial charge in [-0.1, -0.05) is 41.6 Å². The summed E-state index contributed by atoms with van der Waals surface area (Å²) in [5, 5.41) is 15.4. The number of fused-ring (bicyclic) bond motifs is 3. The largest absolute Gasteiger partial charge is 0.326 e. The molecule has 3 heterocycles. The highest BCUT2D eigenvalue weighted by Gasteiger charge is 2.16. The maximum atomic E-state index is 12.6. The molecule has 0 aliphatic heterocycles. The van der Waals surface area contributed by atoms with Crippen molar-refractivity contribution in [3.05, 3.63) is 80.5 Å². The molecule has 0 unspecified atom stereocenters. The van der Waals surface area contributed by atoms with Crippen molar-refractivity contribution in [2.24, 2.45) is 7.05 Å².